The second-order valence-corrected chi connectivity index (χ2v) is 3.14. The Hall–Kier alpha value is -2.08. The first-order chi connectivity index (χ1) is 7.10. The Bertz CT molecular complexity index is 455. The first-order valence-electron chi connectivity index (χ1n) is 4.38. The molecule has 0 heterocycles. The summed E-state index contributed by atoms with van der Waals surface area (Å²) in [5, 5.41) is 8.72. The third-order valence-corrected chi connectivity index (χ3v) is 2.01. The van der Waals surface area contributed by atoms with Crippen molar-refractivity contribution in [2.75, 3.05) is 7.11 Å². The van der Waals surface area contributed by atoms with Crippen molar-refractivity contribution in [1.82, 2.24) is 0 Å². The van der Waals surface area contributed by atoms with Crippen molar-refractivity contribution in [3.8, 4) is 6.07 Å². The predicted molar refractivity (Wildman–Crippen MR) is 57.2 cm³/mol. The number of rotatable bonds is 2. The van der Waals surface area contributed by atoms with E-state index < -0.39 is 5.97 Å². The summed E-state index contributed by atoms with van der Waals surface area (Å²) in [5.41, 5.74) is 2.28. The van der Waals surface area contributed by atoms with Crippen LogP contribution in [0.3, 0.4) is 0 Å². The fraction of sp³-hybridized carbons (Fsp3) is 0.167. The molecule has 76 valence electrons. The molecule has 0 aliphatic heterocycles. The van der Waals surface area contributed by atoms with Crippen LogP contribution in [0.4, 0.5) is 0 Å². The quantitative estimate of drug-likeness (QED) is 0.690. The summed E-state index contributed by atoms with van der Waals surface area (Å²) in [6.45, 7) is 5.57. The Morgan fingerprint density at radius 3 is 2.60 bits per heavy atom. The zero-order valence-corrected chi connectivity index (χ0v) is 8.70. The van der Waals surface area contributed by atoms with Gasteiger partial charge in [-0.15, -0.1) is 0 Å². The van der Waals surface area contributed by atoms with Crippen LogP contribution in [0.1, 0.15) is 28.4 Å². The minimum absolute atomic E-state index is 0.379. The number of esters is 1. The molecule has 0 amide bonds. The summed E-state index contributed by atoms with van der Waals surface area (Å²) >= 11 is 0. The van der Waals surface area contributed by atoms with Crippen LogP contribution in [0.25, 0.3) is 5.57 Å². The van der Waals surface area contributed by atoms with Crippen molar-refractivity contribution in [3.05, 3.63) is 41.5 Å². The van der Waals surface area contributed by atoms with Crippen LogP contribution in [0.5, 0.6) is 0 Å². The number of hydrogen-bond acceptors (Lipinski definition) is 3. The molecule has 0 aliphatic carbocycles. The molecule has 3 nitrogen and oxygen atoms in total. The molecule has 0 unspecified atom stereocenters. The molecule has 0 N–H and O–H groups in total. The summed E-state index contributed by atoms with van der Waals surface area (Å²) in [4.78, 5) is 11.4. The van der Waals surface area contributed by atoms with Crippen molar-refractivity contribution in [1.29, 1.82) is 5.26 Å². The van der Waals surface area contributed by atoms with Crippen LogP contribution in [0, 0.1) is 11.3 Å². The Labute approximate surface area is 88.6 Å². The Kier molecular flexibility index (Phi) is 3.25. The van der Waals surface area contributed by atoms with Crippen LogP contribution < -0.4 is 0 Å². The second kappa shape index (κ2) is 4.43. The highest BCUT2D eigenvalue weighted by molar-refractivity contribution is 5.95. The van der Waals surface area contributed by atoms with Gasteiger partial charge in [0.2, 0.25) is 0 Å². The molecule has 0 aliphatic rings. The topological polar surface area (TPSA) is 50.1 Å². The highest BCUT2D eigenvalue weighted by Crippen LogP contribution is 2.19. The highest BCUT2D eigenvalue weighted by atomic mass is 16.5. The van der Waals surface area contributed by atoms with Gasteiger partial charge in [0.15, 0.2) is 0 Å². The molecule has 1 aromatic rings. The van der Waals surface area contributed by atoms with E-state index in [2.05, 4.69) is 11.3 Å². The van der Waals surface area contributed by atoms with Gasteiger partial charge in [-0.05, 0) is 24.6 Å². The maximum atomic E-state index is 11.4. The molecule has 0 radical (unpaired) electrons. The number of carbonyl (C=O) groups is 1. The Morgan fingerprint density at radius 1 is 1.47 bits per heavy atom. The Morgan fingerprint density at radius 2 is 2.13 bits per heavy atom. The zero-order chi connectivity index (χ0) is 11.4. The van der Waals surface area contributed by atoms with Gasteiger partial charge in [0.25, 0.3) is 0 Å². The summed E-state index contributed by atoms with van der Waals surface area (Å²) in [5.74, 6) is -0.454. The number of nitriles is 1. The fourth-order valence-electron chi connectivity index (χ4n) is 1.26. The van der Waals surface area contributed by atoms with Crippen molar-refractivity contribution < 1.29 is 9.53 Å². The summed E-state index contributed by atoms with van der Waals surface area (Å²) in [7, 11) is 1.31. The predicted octanol–water partition coefficient (Wildman–Crippen LogP) is 2.38. The molecule has 0 saturated heterocycles. The maximum Gasteiger partial charge on any atom is 0.338 e. The number of nitrogens with zero attached hydrogens (tertiary/aromatic N) is 1. The fourth-order valence-corrected chi connectivity index (χ4v) is 1.26. The molecular formula is C12H11NO2. The largest absolute Gasteiger partial charge is 0.465 e. The van der Waals surface area contributed by atoms with Gasteiger partial charge >= 0.3 is 5.97 Å². The molecule has 0 fully saturated rings. The van der Waals surface area contributed by atoms with E-state index in [1.54, 1.807) is 19.1 Å². The average molecular weight is 201 g/mol. The van der Waals surface area contributed by atoms with Gasteiger partial charge in [-0.3, -0.25) is 0 Å². The van der Waals surface area contributed by atoms with Crippen LogP contribution in [-0.4, -0.2) is 13.1 Å². The lowest BCUT2D eigenvalue weighted by Gasteiger charge is -2.07. The van der Waals surface area contributed by atoms with Gasteiger partial charge in [0.1, 0.15) is 0 Å². The molecule has 0 spiro atoms. The summed E-state index contributed by atoms with van der Waals surface area (Å²) < 4.78 is 4.64. The minimum atomic E-state index is -0.454. The lowest BCUT2D eigenvalue weighted by Crippen LogP contribution is -2.05. The van der Waals surface area contributed by atoms with E-state index in [4.69, 9.17) is 5.26 Å². The number of hydrogen-bond donors (Lipinski definition) is 0. The van der Waals surface area contributed by atoms with Gasteiger partial charge in [-0.25, -0.2) is 4.79 Å². The van der Waals surface area contributed by atoms with Gasteiger partial charge in [-0.1, -0.05) is 18.2 Å². The van der Waals surface area contributed by atoms with Crippen LogP contribution >= 0.6 is 0 Å². The third-order valence-electron chi connectivity index (χ3n) is 2.01. The molecule has 3 heteroatoms. The third kappa shape index (κ3) is 2.23. The smallest absolute Gasteiger partial charge is 0.338 e. The van der Waals surface area contributed by atoms with E-state index in [-0.39, 0.29) is 0 Å². The van der Waals surface area contributed by atoms with Crippen molar-refractivity contribution >= 4 is 11.5 Å². The van der Waals surface area contributed by atoms with Gasteiger partial charge in [-0.2, -0.15) is 5.26 Å². The highest BCUT2D eigenvalue weighted by Gasteiger charge is 2.12. The van der Waals surface area contributed by atoms with E-state index in [9.17, 15) is 4.79 Å². The monoisotopic (exact) mass is 201 g/mol. The van der Waals surface area contributed by atoms with Crippen molar-refractivity contribution in [3.63, 3.8) is 0 Å². The standard InChI is InChI=1S/C12H11NO2/c1-8(2)10-5-4-9(7-13)6-11(10)12(14)15-3/h4-6H,1H2,2-3H3. The molecule has 1 aromatic carbocycles. The van der Waals surface area contributed by atoms with Crippen molar-refractivity contribution in [2.24, 2.45) is 0 Å². The van der Waals surface area contributed by atoms with E-state index in [1.807, 2.05) is 6.07 Å². The Balaban J connectivity index is 3.36. The molecule has 0 bridgehead atoms. The second-order valence-electron chi connectivity index (χ2n) is 3.14. The average Bonchev–Trinajstić information content (AvgIpc) is 2.26. The first-order valence-corrected chi connectivity index (χ1v) is 4.38. The van der Waals surface area contributed by atoms with Gasteiger partial charge < -0.3 is 4.74 Å². The van der Waals surface area contributed by atoms with E-state index in [0.717, 1.165) is 5.57 Å². The van der Waals surface area contributed by atoms with Crippen LogP contribution in [0.2, 0.25) is 0 Å². The summed E-state index contributed by atoms with van der Waals surface area (Å²) in [6.07, 6.45) is 0. The number of benzene rings is 1. The van der Waals surface area contributed by atoms with E-state index in [0.29, 0.717) is 16.7 Å². The number of carbonyl (C=O) groups excluding carboxylic acids is 1. The molecule has 0 aromatic heterocycles. The molecule has 1 rings (SSSR count). The molecular weight excluding hydrogens is 190 g/mol. The number of methoxy groups -OCH3 is 1. The van der Waals surface area contributed by atoms with E-state index in [1.165, 1.54) is 13.2 Å². The van der Waals surface area contributed by atoms with Gasteiger partial charge in [0.05, 0.1) is 24.3 Å². The lowest BCUT2D eigenvalue weighted by atomic mass is 10.00. The van der Waals surface area contributed by atoms with Gasteiger partial charge in [0, 0.05) is 0 Å². The number of allylic oxidation sites excluding steroid dienone is 1. The minimum Gasteiger partial charge on any atom is -0.465 e. The normalized spacial score (nSPS) is 9.13. The van der Waals surface area contributed by atoms with Crippen LogP contribution in [-0.2, 0) is 4.74 Å². The summed E-state index contributed by atoms with van der Waals surface area (Å²) in [6, 6.07) is 6.84. The molecule has 15 heavy (non-hydrogen) atoms. The van der Waals surface area contributed by atoms with Crippen LogP contribution in [0.15, 0.2) is 24.8 Å². The zero-order valence-electron chi connectivity index (χ0n) is 8.70. The van der Waals surface area contributed by atoms with Crippen molar-refractivity contribution in [2.45, 2.75) is 6.92 Å². The molecule has 0 atom stereocenters. The maximum absolute atomic E-state index is 11.4. The lowest BCUT2D eigenvalue weighted by molar-refractivity contribution is 0.0600. The first kappa shape index (κ1) is 11.0. The molecule has 0 saturated carbocycles. The number of ether oxygens (including phenoxy) is 1. The van der Waals surface area contributed by atoms with E-state index >= 15 is 0 Å². The SMILES string of the molecule is C=C(C)c1ccc(C#N)cc1C(=O)OC.